The molecule has 68 heavy (non-hydrogen) atoms. The third-order valence-corrected chi connectivity index (χ3v) is 12.2. The van der Waals surface area contributed by atoms with Gasteiger partial charge in [-0.15, -0.1) is 0 Å². The topological polar surface area (TPSA) is 0 Å². The smallest absolute Gasteiger partial charge is 0.00239 e. The van der Waals surface area contributed by atoms with Gasteiger partial charge in [0, 0.05) is 0 Å². The van der Waals surface area contributed by atoms with Crippen LogP contribution in [0.15, 0.2) is 158 Å². The van der Waals surface area contributed by atoms with Crippen molar-refractivity contribution in [3.63, 3.8) is 0 Å². The molecular formula is C68H80. The summed E-state index contributed by atoms with van der Waals surface area (Å²) < 4.78 is 0. The minimum atomic E-state index is 1.33. The van der Waals surface area contributed by atoms with Gasteiger partial charge in [0.05, 0.1) is 0 Å². The van der Waals surface area contributed by atoms with Gasteiger partial charge >= 0.3 is 0 Å². The van der Waals surface area contributed by atoms with E-state index in [4.69, 9.17) is 0 Å². The fourth-order valence-electron chi connectivity index (χ4n) is 9.68. The van der Waals surface area contributed by atoms with E-state index in [0.717, 1.165) is 0 Å². The second-order valence-electron chi connectivity index (χ2n) is 16.1. The number of benzene rings is 12. The first-order chi connectivity index (χ1) is 33.2. The number of fused-ring (bicyclic) bond motifs is 5. The van der Waals surface area contributed by atoms with Gasteiger partial charge in [-0.2, -0.15) is 0 Å². The molecule has 0 amide bonds. The molecule has 0 aromatic heterocycles. The second kappa shape index (κ2) is 25.6. The molecule has 0 bridgehead atoms. The van der Waals surface area contributed by atoms with E-state index in [0.29, 0.717) is 0 Å². The van der Waals surface area contributed by atoms with Gasteiger partial charge in [0.25, 0.3) is 0 Å². The highest BCUT2D eigenvalue weighted by atomic mass is 14.2. The van der Waals surface area contributed by atoms with Crippen LogP contribution in [0.3, 0.4) is 0 Å². The Morgan fingerprint density at radius 2 is 0.441 bits per heavy atom. The lowest BCUT2D eigenvalue weighted by molar-refractivity contribution is 1.50. The Bertz CT molecular complexity index is 3170. The Hall–Kier alpha value is -6.50. The molecule has 12 aromatic carbocycles. The van der Waals surface area contributed by atoms with Crippen LogP contribution < -0.4 is 0 Å². The van der Waals surface area contributed by atoms with Crippen molar-refractivity contribution < 1.29 is 0 Å². The van der Waals surface area contributed by atoms with Crippen molar-refractivity contribution >= 4 is 97.0 Å². The maximum absolute atomic E-state index is 2.33. The quantitative estimate of drug-likeness (QED) is 0.133. The van der Waals surface area contributed by atoms with Crippen LogP contribution in [0.5, 0.6) is 0 Å². The lowest BCUT2D eigenvalue weighted by Crippen LogP contribution is -1.88. The molecule has 0 spiro atoms. The first kappa shape index (κ1) is 54.1. The molecule has 0 nitrogen and oxygen atoms in total. The predicted molar refractivity (Wildman–Crippen MR) is 316 cm³/mol. The third-order valence-electron chi connectivity index (χ3n) is 12.2. The monoisotopic (exact) mass is 897 g/mol. The molecule has 0 saturated carbocycles. The highest BCUT2D eigenvalue weighted by Crippen LogP contribution is 2.39. The van der Waals surface area contributed by atoms with E-state index in [1.165, 1.54) is 130 Å². The van der Waals surface area contributed by atoms with E-state index >= 15 is 0 Å². The maximum Gasteiger partial charge on any atom is -0.00239 e. The highest BCUT2D eigenvalue weighted by Gasteiger charge is 2.12. The SMILES string of the molecule is CC.CC.CC.CC.CC.CC.Cc1cc2c3ccccc3c(C)cc2c2ccccc12.Cc1cc2ccc3cc(C)cc4ccc(c1)c2c34.Cc1cc2cccc3c(C)cc4cccc1c4c23. The van der Waals surface area contributed by atoms with Crippen LogP contribution >= 0.6 is 0 Å². The molecule has 0 unspecified atom stereocenters. The molecule has 0 atom stereocenters. The first-order valence-electron chi connectivity index (χ1n) is 25.8. The Morgan fingerprint density at radius 1 is 0.191 bits per heavy atom. The Balaban J connectivity index is 0.000000200. The zero-order chi connectivity index (χ0) is 50.2. The van der Waals surface area contributed by atoms with E-state index in [2.05, 4.69) is 199 Å². The summed E-state index contributed by atoms with van der Waals surface area (Å²) in [4.78, 5) is 0. The fourth-order valence-corrected chi connectivity index (χ4v) is 9.68. The van der Waals surface area contributed by atoms with Crippen molar-refractivity contribution in [1.29, 1.82) is 0 Å². The zero-order valence-electron chi connectivity index (χ0n) is 45.0. The van der Waals surface area contributed by atoms with Crippen LogP contribution in [0.4, 0.5) is 0 Å². The van der Waals surface area contributed by atoms with Gasteiger partial charge in [0.15, 0.2) is 0 Å². The van der Waals surface area contributed by atoms with Crippen LogP contribution in [-0.4, -0.2) is 0 Å². The summed E-state index contributed by atoms with van der Waals surface area (Å²) in [5, 5.41) is 24.7. The Morgan fingerprint density at radius 3 is 0.750 bits per heavy atom. The molecule has 0 aliphatic carbocycles. The average molecular weight is 897 g/mol. The van der Waals surface area contributed by atoms with E-state index in [1.807, 2.05) is 83.1 Å². The summed E-state index contributed by atoms with van der Waals surface area (Å²) >= 11 is 0. The molecule has 0 aliphatic rings. The van der Waals surface area contributed by atoms with Gasteiger partial charge in [0.2, 0.25) is 0 Å². The van der Waals surface area contributed by atoms with Gasteiger partial charge in [-0.25, -0.2) is 0 Å². The summed E-state index contributed by atoms with van der Waals surface area (Å²) in [5.74, 6) is 0. The summed E-state index contributed by atoms with van der Waals surface area (Å²) in [6.07, 6.45) is 0. The van der Waals surface area contributed by atoms with E-state index < -0.39 is 0 Å². The minimum Gasteiger partial charge on any atom is -0.0683 e. The minimum absolute atomic E-state index is 1.33. The lowest BCUT2D eigenvalue weighted by atomic mass is 9.90. The second-order valence-corrected chi connectivity index (χ2v) is 16.1. The summed E-state index contributed by atoms with van der Waals surface area (Å²) in [5.41, 5.74) is 8.09. The van der Waals surface area contributed by atoms with Gasteiger partial charge in [0.1, 0.15) is 0 Å². The lowest BCUT2D eigenvalue weighted by Gasteiger charge is -2.14. The molecule has 0 aliphatic heterocycles. The molecule has 0 saturated heterocycles. The van der Waals surface area contributed by atoms with Crippen LogP contribution in [0.25, 0.3) is 97.0 Å². The number of rotatable bonds is 0. The van der Waals surface area contributed by atoms with Crippen LogP contribution in [0.1, 0.15) is 116 Å². The predicted octanol–water partition coefficient (Wildman–Crippen LogP) is 22.3. The van der Waals surface area contributed by atoms with Crippen LogP contribution in [-0.2, 0) is 0 Å². The van der Waals surface area contributed by atoms with E-state index in [-0.39, 0.29) is 0 Å². The van der Waals surface area contributed by atoms with Crippen molar-refractivity contribution in [2.75, 3.05) is 0 Å². The molecule has 12 aromatic rings. The number of hydrogen-bond acceptors (Lipinski definition) is 0. The van der Waals surface area contributed by atoms with Crippen molar-refractivity contribution in [1.82, 2.24) is 0 Å². The molecule has 12 rings (SSSR count). The number of hydrogen-bond donors (Lipinski definition) is 0. The standard InChI is InChI=1S/C20H16.2C18H14.6C2H6/c1-13-11-19-18-10-6-4-8-16(18)14(2)12-20(19)17-9-5-3-7-15(13)17;1-11-9-13-5-4-8-16-12(2)10-14-6-3-7-15(11)17(14)18(13)16;1-11-7-13-3-5-15-9-12(2)10-16-6-4-14(8-11)17(13)18(15)16;6*1-2/h3-12H,1-2H3;2*3-10H,1-2H3;6*1-2H3. The third kappa shape index (κ3) is 10.8. The summed E-state index contributed by atoms with van der Waals surface area (Å²) in [7, 11) is 0. The van der Waals surface area contributed by atoms with Gasteiger partial charge in [-0.3, -0.25) is 0 Å². The summed E-state index contributed by atoms with van der Waals surface area (Å²) in [6, 6.07) is 58.0. The number of aryl methyl sites for hydroxylation is 6. The molecule has 0 heteroatoms. The summed E-state index contributed by atoms with van der Waals surface area (Å²) in [6.45, 7) is 37.1. The average Bonchev–Trinajstić information content (AvgIpc) is 3.40. The van der Waals surface area contributed by atoms with Crippen LogP contribution in [0.2, 0.25) is 0 Å². The Labute approximate surface area is 410 Å². The normalized spacial score (nSPS) is 10.2. The molecule has 0 fully saturated rings. The molecule has 0 radical (unpaired) electrons. The van der Waals surface area contributed by atoms with Gasteiger partial charge in [-0.05, 0) is 172 Å². The van der Waals surface area contributed by atoms with Crippen molar-refractivity contribution in [3.8, 4) is 0 Å². The first-order valence-corrected chi connectivity index (χ1v) is 25.8. The van der Waals surface area contributed by atoms with Gasteiger partial charge in [-0.1, -0.05) is 241 Å². The Kier molecular flexibility index (Phi) is 20.4. The van der Waals surface area contributed by atoms with Gasteiger partial charge < -0.3 is 0 Å². The zero-order valence-corrected chi connectivity index (χ0v) is 45.0. The van der Waals surface area contributed by atoms with Crippen molar-refractivity contribution in [3.05, 3.63) is 191 Å². The molecule has 0 N–H and O–H groups in total. The fraction of sp³-hybridized carbons (Fsp3) is 0.265. The maximum atomic E-state index is 2.33. The van der Waals surface area contributed by atoms with E-state index in [9.17, 15) is 0 Å². The molecule has 0 heterocycles. The molecular weight excluding hydrogens is 817 g/mol. The molecule has 352 valence electrons. The van der Waals surface area contributed by atoms with Crippen molar-refractivity contribution in [2.45, 2.75) is 125 Å². The largest absolute Gasteiger partial charge is 0.0683 e. The van der Waals surface area contributed by atoms with E-state index in [1.54, 1.807) is 0 Å². The highest BCUT2D eigenvalue weighted by molar-refractivity contribution is 6.25. The van der Waals surface area contributed by atoms with Crippen molar-refractivity contribution in [2.24, 2.45) is 0 Å². The van der Waals surface area contributed by atoms with Crippen LogP contribution in [0, 0.1) is 41.5 Å².